The number of amides is 2. The fourth-order valence-electron chi connectivity index (χ4n) is 5.99. The van der Waals surface area contributed by atoms with Crippen LogP contribution in [0.5, 0.6) is 0 Å². The molecule has 2 aromatic rings. The van der Waals surface area contributed by atoms with Gasteiger partial charge in [-0.3, -0.25) is 4.79 Å². The number of rotatable bonds is 18. The molecule has 3 atom stereocenters. The Labute approximate surface area is 278 Å². The Bertz CT molecular complexity index is 1200. The molecule has 0 radical (unpaired) electrons. The predicted octanol–water partition coefficient (Wildman–Crippen LogP) is 6.92. The van der Waals surface area contributed by atoms with Crippen molar-refractivity contribution in [2.24, 2.45) is 5.73 Å². The van der Waals surface area contributed by atoms with Crippen LogP contribution >= 0.6 is 11.8 Å². The summed E-state index contributed by atoms with van der Waals surface area (Å²) in [6.07, 6.45) is 7.71. The van der Waals surface area contributed by atoms with Gasteiger partial charge in [0.2, 0.25) is 5.91 Å². The number of carbonyl (C=O) groups is 2. The molecule has 0 heterocycles. The van der Waals surface area contributed by atoms with Crippen LogP contribution in [0.1, 0.15) is 95.2 Å². The molecule has 1 aliphatic carbocycles. The minimum absolute atomic E-state index is 0.0180. The average molecular weight is 662 g/mol. The first-order chi connectivity index (χ1) is 22.1. The number of hydrogen-bond donors (Lipinski definition) is 3. The molecule has 0 bridgehead atoms. The lowest BCUT2D eigenvalue weighted by Crippen LogP contribution is -2.54. The van der Waals surface area contributed by atoms with Gasteiger partial charge in [-0.25, -0.2) is 13.6 Å². The molecule has 2 aromatic carbocycles. The maximum atomic E-state index is 14.4. The van der Waals surface area contributed by atoms with E-state index in [4.69, 9.17) is 10.5 Å². The normalized spacial score (nSPS) is 15.7. The number of aliphatic hydroxyl groups is 1. The Morgan fingerprint density at radius 1 is 1.00 bits per heavy atom. The van der Waals surface area contributed by atoms with Gasteiger partial charge in [-0.05, 0) is 80.2 Å². The molecular formula is C36H53F2N3O4S. The minimum Gasteiger partial charge on any atom is -0.446 e. The molecule has 0 saturated heterocycles. The van der Waals surface area contributed by atoms with Gasteiger partial charge in [0.15, 0.2) is 0 Å². The van der Waals surface area contributed by atoms with E-state index < -0.39 is 35.9 Å². The van der Waals surface area contributed by atoms with Crippen molar-refractivity contribution in [3.63, 3.8) is 0 Å². The summed E-state index contributed by atoms with van der Waals surface area (Å²) in [5.74, 6) is -1.43. The van der Waals surface area contributed by atoms with E-state index in [2.05, 4.69) is 26.1 Å². The smallest absolute Gasteiger partial charge is 0.408 e. The van der Waals surface area contributed by atoms with Gasteiger partial charge in [-0.1, -0.05) is 64.3 Å². The van der Waals surface area contributed by atoms with E-state index in [1.807, 2.05) is 24.3 Å². The number of nitrogens with zero attached hydrogens (tertiary/aromatic N) is 1. The van der Waals surface area contributed by atoms with E-state index >= 15 is 0 Å². The summed E-state index contributed by atoms with van der Waals surface area (Å²) in [4.78, 5) is 29.0. The first-order valence-electron chi connectivity index (χ1n) is 17.0. The monoisotopic (exact) mass is 661 g/mol. The third kappa shape index (κ3) is 12.8. The number of carbonyl (C=O) groups excluding carboxylic acids is 2. The van der Waals surface area contributed by atoms with Gasteiger partial charge in [0, 0.05) is 36.2 Å². The maximum Gasteiger partial charge on any atom is 0.408 e. The second kappa shape index (κ2) is 19.9. The SMILES string of the molecule is CCCC(CCC)SCC(NC(=O)OC1CCCCC1)C(=O)N(Cc1cccc(CC)c1)C[C@@H](O)[C@@H](N)Cc1cc(F)cc(F)c1. The van der Waals surface area contributed by atoms with Gasteiger partial charge in [-0.2, -0.15) is 11.8 Å². The Morgan fingerprint density at radius 3 is 2.28 bits per heavy atom. The van der Waals surface area contributed by atoms with Crippen LogP contribution in [0.3, 0.4) is 0 Å². The van der Waals surface area contributed by atoms with E-state index in [-0.39, 0.29) is 31.5 Å². The zero-order valence-electron chi connectivity index (χ0n) is 27.7. The van der Waals surface area contributed by atoms with Crippen LogP contribution in [-0.4, -0.2) is 63.8 Å². The number of benzene rings is 2. The highest BCUT2D eigenvalue weighted by Crippen LogP contribution is 2.24. The van der Waals surface area contributed by atoms with Crippen molar-refractivity contribution in [3.05, 3.63) is 70.8 Å². The standard InChI is InChI=1S/C36H53F2N3O4S/c1-4-11-31(12-5-2)46-24-33(40-36(44)45-30-15-8-7-9-16-30)35(43)41(22-26-14-10-13-25(6-3)17-26)23-34(42)32(39)20-27-18-28(37)21-29(38)19-27/h10,13-14,17-19,21,30-34,42H,4-9,11-12,15-16,20,22-24,39H2,1-3H3,(H,40,44)/t32-,33?,34+/m0/s1. The quantitative estimate of drug-likeness (QED) is 0.160. The van der Waals surface area contributed by atoms with Crippen molar-refractivity contribution in [3.8, 4) is 0 Å². The topological polar surface area (TPSA) is 105 Å². The molecule has 3 rings (SSSR count). The highest BCUT2D eigenvalue weighted by atomic mass is 32.2. The molecule has 1 aliphatic rings. The molecule has 10 heteroatoms. The molecule has 0 aliphatic heterocycles. The fourth-order valence-corrected chi connectivity index (χ4v) is 7.49. The van der Waals surface area contributed by atoms with Crippen molar-refractivity contribution in [1.82, 2.24) is 10.2 Å². The lowest BCUT2D eigenvalue weighted by molar-refractivity contribution is -0.135. The lowest BCUT2D eigenvalue weighted by Gasteiger charge is -2.32. The molecule has 7 nitrogen and oxygen atoms in total. The van der Waals surface area contributed by atoms with Gasteiger partial charge in [0.1, 0.15) is 23.8 Å². The fraction of sp³-hybridized carbons (Fsp3) is 0.611. The molecule has 4 N–H and O–H groups in total. The number of halogens is 2. The number of aryl methyl sites for hydroxylation is 1. The molecule has 2 amide bonds. The van der Waals surface area contributed by atoms with E-state index in [1.54, 1.807) is 11.8 Å². The minimum atomic E-state index is -1.19. The molecule has 1 unspecified atom stereocenters. The average Bonchev–Trinajstić information content (AvgIpc) is 3.02. The largest absolute Gasteiger partial charge is 0.446 e. The Kier molecular flexibility index (Phi) is 16.3. The molecule has 46 heavy (non-hydrogen) atoms. The Morgan fingerprint density at radius 2 is 1.65 bits per heavy atom. The van der Waals surface area contributed by atoms with Crippen LogP contribution < -0.4 is 11.1 Å². The number of nitrogens with two attached hydrogens (primary N) is 1. The summed E-state index contributed by atoms with van der Waals surface area (Å²) in [6.45, 7) is 6.40. The van der Waals surface area contributed by atoms with Crippen molar-refractivity contribution in [2.45, 2.75) is 127 Å². The zero-order valence-corrected chi connectivity index (χ0v) is 28.5. The van der Waals surface area contributed by atoms with E-state index in [0.29, 0.717) is 16.6 Å². The number of ether oxygens (including phenoxy) is 1. The van der Waals surface area contributed by atoms with E-state index in [9.17, 15) is 23.5 Å². The highest BCUT2D eigenvalue weighted by Gasteiger charge is 2.31. The van der Waals surface area contributed by atoms with E-state index in [1.165, 1.54) is 17.0 Å². The molecule has 256 valence electrons. The third-order valence-electron chi connectivity index (χ3n) is 8.52. The van der Waals surface area contributed by atoms with Crippen LogP contribution in [0.4, 0.5) is 13.6 Å². The zero-order chi connectivity index (χ0) is 33.5. The second-order valence-corrected chi connectivity index (χ2v) is 13.8. The van der Waals surface area contributed by atoms with Crippen molar-refractivity contribution < 1.29 is 28.2 Å². The molecule has 0 aromatic heterocycles. The van der Waals surface area contributed by atoms with Crippen molar-refractivity contribution in [2.75, 3.05) is 12.3 Å². The van der Waals surface area contributed by atoms with Crippen LogP contribution in [0, 0.1) is 11.6 Å². The van der Waals surface area contributed by atoms with Crippen LogP contribution in [-0.2, 0) is 28.9 Å². The molecule has 1 saturated carbocycles. The first kappa shape index (κ1) is 37.8. The van der Waals surface area contributed by atoms with Crippen LogP contribution in [0.25, 0.3) is 0 Å². The van der Waals surface area contributed by atoms with E-state index in [0.717, 1.165) is 81.4 Å². The Hall–Kier alpha value is -2.69. The van der Waals surface area contributed by atoms with Crippen molar-refractivity contribution in [1.29, 1.82) is 0 Å². The summed E-state index contributed by atoms with van der Waals surface area (Å²) in [5.41, 5.74) is 8.64. The summed E-state index contributed by atoms with van der Waals surface area (Å²) in [6, 6.07) is 9.28. The van der Waals surface area contributed by atoms with Gasteiger partial charge in [0.05, 0.1) is 6.10 Å². The summed E-state index contributed by atoms with van der Waals surface area (Å²) in [7, 11) is 0. The summed E-state index contributed by atoms with van der Waals surface area (Å²) < 4.78 is 33.4. The van der Waals surface area contributed by atoms with Crippen LogP contribution in [0.15, 0.2) is 42.5 Å². The van der Waals surface area contributed by atoms with Crippen LogP contribution in [0.2, 0.25) is 0 Å². The maximum absolute atomic E-state index is 14.4. The van der Waals surface area contributed by atoms with Gasteiger partial charge in [-0.15, -0.1) is 0 Å². The molecular weight excluding hydrogens is 608 g/mol. The second-order valence-electron chi connectivity index (χ2n) is 12.5. The highest BCUT2D eigenvalue weighted by molar-refractivity contribution is 7.99. The Balaban J connectivity index is 1.84. The first-order valence-corrected chi connectivity index (χ1v) is 18.0. The van der Waals surface area contributed by atoms with Gasteiger partial charge in [0.25, 0.3) is 0 Å². The third-order valence-corrected chi connectivity index (χ3v) is 9.98. The lowest BCUT2D eigenvalue weighted by atomic mass is 9.98. The number of nitrogens with one attached hydrogen (secondary N) is 1. The predicted molar refractivity (Wildman–Crippen MR) is 182 cm³/mol. The number of thioether (sulfide) groups is 1. The number of alkyl carbamates (subject to hydrolysis) is 1. The summed E-state index contributed by atoms with van der Waals surface area (Å²) in [5, 5.41) is 14.5. The number of aliphatic hydroxyl groups excluding tert-OH is 1. The van der Waals surface area contributed by atoms with Gasteiger partial charge >= 0.3 is 6.09 Å². The van der Waals surface area contributed by atoms with Gasteiger partial charge < -0.3 is 25.8 Å². The molecule has 1 fully saturated rings. The van der Waals surface area contributed by atoms with Crippen molar-refractivity contribution >= 4 is 23.8 Å². The number of hydrogen-bond acceptors (Lipinski definition) is 6. The molecule has 0 spiro atoms. The summed E-state index contributed by atoms with van der Waals surface area (Å²) >= 11 is 1.68.